The molecule has 0 saturated carbocycles. The maximum Gasteiger partial charge on any atom is 0.416 e. The fraction of sp³-hybridized carbons (Fsp3) is 0.500. The van der Waals surface area contributed by atoms with E-state index in [-0.39, 0.29) is 24.2 Å². The van der Waals surface area contributed by atoms with Crippen LogP contribution in [-0.4, -0.2) is 49.6 Å². The number of alkyl halides is 3. The number of fused-ring (bicyclic) bond motifs is 1. The molecule has 0 bridgehead atoms. The number of halogens is 5. The summed E-state index contributed by atoms with van der Waals surface area (Å²) >= 11 is 0. The average Bonchev–Trinajstić information content (AvgIpc) is 3.04. The lowest BCUT2D eigenvalue weighted by molar-refractivity contribution is -0.137. The van der Waals surface area contributed by atoms with Gasteiger partial charge in [0.25, 0.3) is 5.91 Å². The topological polar surface area (TPSA) is 66.0 Å². The minimum Gasteiger partial charge on any atom is -0.383 e. The molecule has 0 fully saturated rings. The van der Waals surface area contributed by atoms with Crippen LogP contribution in [0.2, 0.25) is 0 Å². The third-order valence-corrected chi connectivity index (χ3v) is 6.50. The molecule has 2 unspecified atom stereocenters. The standard InChI is InChI=1S/C28H35F5N4O2/c1-4-5-6-13-37-14-7-8-19-9-11-21(28(31,32)33)16-22(19)25(37)35-27(34-18(2)17-39-3)36-26(38)20-10-12-23(29)24(30)15-20/h9-12,15-16,18,25H,4-8,13-14,17H2,1-3H3,(H2,34,35,36,38). The van der Waals surface area contributed by atoms with Crippen molar-refractivity contribution in [2.24, 2.45) is 4.99 Å². The molecule has 0 aromatic heterocycles. The van der Waals surface area contributed by atoms with Crippen molar-refractivity contribution in [2.45, 2.75) is 64.3 Å². The van der Waals surface area contributed by atoms with Crippen LogP contribution in [0.5, 0.6) is 0 Å². The maximum atomic E-state index is 13.8. The highest BCUT2D eigenvalue weighted by atomic mass is 19.4. The van der Waals surface area contributed by atoms with Crippen molar-refractivity contribution >= 4 is 11.9 Å². The monoisotopic (exact) mass is 554 g/mol. The zero-order chi connectivity index (χ0) is 28.6. The summed E-state index contributed by atoms with van der Waals surface area (Å²) in [6, 6.07) is 6.13. The molecule has 11 heteroatoms. The van der Waals surface area contributed by atoms with E-state index in [4.69, 9.17) is 9.73 Å². The van der Waals surface area contributed by atoms with Gasteiger partial charge < -0.3 is 10.1 Å². The number of guanidine groups is 1. The number of aliphatic imine (C=N–C) groups is 1. The minimum absolute atomic E-state index is 0.00923. The number of unbranched alkanes of at least 4 members (excludes halogenated alkanes) is 2. The van der Waals surface area contributed by atoms with E-state index in [0.29, 0.717) is 25.1 Å². The number of methoxy groups -OCH3 is 1. The smallest absolute Gasteiger partial charge is 0.383 e. The predicted octanol–water partition coefficient (Wildman–Crippen LogP) is 5.83. The quantitative estimate of drug-likeness (QED) is 0.177. The van der Waals surface area contributed by atoms with Gasteiger partial charge in [-0.1, -0.05) is 25.8 Å². The molecule has 3 rings (SSSR count). The number of carbonyl (C=O) groups excluding carboxylic acids is 1. The summed E-state index contributed by atoms with van der Waals surface area (Å²) in [5, 5.41) is 5.66. The Morgan fingerprint density at radius 2 is 1.92 bits per heavy atom. The van der Waals surface area contributed by atoms with Gasteiger partial charge in [0, 0.05) is 31.8 Å². The number of aryl methyl sites for hydroxylation is 1. The van der Waals surface area contributed by atoms with E-state index in [9.17, 15) is 26.7 Å². The second-order valence-electron chi connectivity index (χ2n) is 9.69. The van der Waals surface area contributed by atoms with Gasteiger partial charge in [-0.05, 0) is 67.6 Å². The molecule has 2 N–H and O–H groups in total. The first-order chi connectivity index (χ1) is 18.5. The summed E-state index contributed by atoms with van der Waals surface area (Å²) in [7, 11) is 1.50. The summed E-state index contributed by atoms with van der Waals surface area (Å²) in [4.78, 5) is 19.8. The Labute approximate surface area is 225 Å². The normalized spacial score (nSPS) is 17.3. The zero-order valence-corrected chi connectivity index (χ0v) is 22.4. The Balaban J connectivity index is 2.07. The molecule has 0 spiro atoms. The molecular formula is C28H35F5N4O2. The number of carbonyl (C=O) groups is 1. The number of rotatable bonds is 9. The fourth-order valence-electron chi connectivity index (χ4n) is 4.55. The maximum absolute atomic E-state index is 13.8. The summed E-state index contributed by atoms with van der Waals surface area (Å²) in [6.45, 7) is 5.31. The molecule has 0 saturated heterocycles. The van der Waals surface area contributed by atoms with Crippen LogP contribution in [-0.2, 0) is 17.3 Å². The summed E-state index contributed by atoms with van der Waals surface area (Å²) in [6.07, 6.45) is -1.26. The van der Waals surface area contributed by atoms with Crippen molar-refractivity contribution in [3.63, 3.8) is 0 Å². The molecule has 2 atom stereocenters. The minimum atomic E-state index is -4.53. The highest BCUT2D eigenvalue weighted by molar-refractivity contribution is 6.05. The van der Waals surface area contributed by atoms with Crippen molar-refractivity contribution in [2.75, 3.05) is 26.8 Å². The number of ether oxygens (including phenoxy) is 1. The van der Waals surface area contributed by atoms with Crippen molar-refractivity contribution in [1.82, 2.24) is 15.5 Å². The van der Waals surface area contributed by atoms with Gasteiger partial charge in [0.2, 0.25) is 5.96 Å². The number of hydrogen-bond donors (Lipinski definition) is 2. The second kappa shape index (κ2) is 13.8. The van der Waals surface area contributed by atoms with Crippen LogP contribution in [0.25, 0.3) is 0 Å². The molecule has 2 aromatic carbocycles. The highest BCUT2D eigenvalue weighted by Crippen LogP contribution is 2.36. The SMILES string of the molecule is CCCCCN1CCCc2ccc(C(F)(F)F)cc2C1N=C(NC(=O)c1ccc(F)c(F)c1)NC(C)COC. The van der Waals surface area contributed by atoms with Gasteiger partial charge in [-0.3, -0.25) is 15.0 Å². The molecule has 0 radical (unpaired) electrons. The van der Waals surface area contributed by atoms with Crippen LogP contribution in [0.15, 0.2) is 41.4 Å². The van der Waals surface area contributed by atoms with E-state index < -0.39 is 35.4 Å². The average molecular weight is 555 g/mol. The first kappa shape index (κ1) is 30.5. The lowest BCUT2D eigenvalue weighted by atomic mass is 9.99. The Hall–Kier alpha value is -3.05. The molecule has 39 heavy (non-hydrogen) atoms. The van der Waals surface area contributed by atoms with Gasteiger partial charge in [0.05, 0.1) is 12.2 Å². The Bertz CT molecular complexity index is 1160. The molecule has 214 valence electrons. The van der Waals surface area contributed by atoms with Crippen molar-refractivity contribution in [3.8, 4) is 0 Å². The van der Waals surface area contributed by atoms with E-state index in [1.165, 1.54) is 13.2 Å². The molecule has 1 amide bonds. The van der Waals surface area contributed by atoms with Crippen molar-refractivity contribution in [3.05, 3.63) is 70.3 Å². The first-order valence-corrected chi connectivity index (χ1v) is 13.1. The molecule has 0 aliphatic carbocycles. The van der Waals surface area contributed by atoms with Crippen LogP contribution < -0.4 is 10.6 Å². The van der Waals surface area contributed by atoms with Gasteiger partial charge in [-0.25, -0.2) is 13.8 Å². The van der Waals surface area contributed by atoms with Crippen LogP contribution in [0.3, 0.4) is 0 Å². The van der Waals surface area contributed by atoms with Gasteiger partial charge in [0.15, 0.2) is 11.6 Å². The number of hydrogen-bond acceptors (Lipinski definition) is 4. The van der Waals surface area contributed by atoms with Crippen LogP contribution in [0.1, 0.15) is 72.7 Å². The van der Waals surface area contributed by atoms with Crippen molar-refractivity contribution in [1.29, 1.82) is 0 Å². The number of amides is 1. The van der Waals surface area contributed by atoms with E-state index in [1.54, 1.807) is 6.92 Å². The third kappa shape index (κ3) is 8.47. The van der Waals surface area contributed by atoms with Crippen LogP contribution in [0, 0.1) is 11.6 Å². The molecule has 1 aliphatic heterocycles. The third-order valence-electron chi connectivity index (χ3n) is 6.50. The van der Waals surface area contributed by atoms with E-state index in [0.717, 1.165) is 61.6 Å². The molecule has 6 nitrogen and oxygen atoms in total. The highest BCUT2D eigenvalue weighted by Gasteiger charge is 2.34. The summed E-state index contributed by atoms with van der Waals surface area (Å²) < 4.78 is 73.4. The Morgan fingerprint density at radius 3 is 2.59 bits per heavy atom. The van der Waals surface area contributed by atoms with Gasteiger partial charge in [-0.2, -0.15) is 13.2 Å². The van der Waals surface area contributed by atoms with E-state index in [2.05, 4.69) is 17.6 Å². The van der Waals surface area contributed by atoms with E-state index >= 15 is 0 Å². The van der Waals surface area contributed by atoms with E-state index in [1.807, 2.05) is 4.90 Å². The number of benzene rings is 2. The van der Waals surface area contributed by atoms with Gasteiger partial charge >= 0.3 is 6.18 Å². The van der Waals surface area contributed by atoms with Crippen LogP contribution >= 0.6 is 0 Å². The molecule has 2 aromatic rings. The predicted molar refractivity (Wildman–Crippen MR) is 139 cm³/mol. The summed E-state index contributed by atoms with van der Waals surface area (Å²) in [5.41, 5.74) is 0.263. The van der Waals surface area contributed by atoms with Crippen LogP contribution in [0.4, 0.5) is 22.0 Å². The lowest BCUT2D eigenvalue weighted by Crippen LogP contribution is -2.47. The number of nitrogens with zero attached hydrogens (tertiary/aromatic N) is 2. The Morgan fingerprint density at radius 1 is 1.15 bits per heavy atom. The zero-order valence-electron chi connectivity index (χ0n) is 22.4. The van der Waals surface area contributed by atoms with Gasteiger partial charge in [-0.15, -0.1) is 0 Å². The summed E-state index contributed by atoms with van der Waals surface area (Å²) in [5.74, 6) is -3.03. The Kier molecular flexibility index (Phi) is 10.8. The first-order valence-electron chi connectivity index (χ1n) is 13.1. The number of nitrogens with one attached hydrogen (secondary N) is 2. The second-order valence-corrected chi connectivity index (χ2v) is 9.69. The molecular weight excluding hydrogens is 519 g/mol. The molecule has 1 heterocycles. The lowest BCUT2D eigenvalue weighted by Gasteiger charge is -2.30. The van der Waals surface area contributed by atoms with Gasteiger partial charge in [0.1, 0.15) is 6.17 Å². The van der Waals surface area contributed by atoms with Crippen molar-refractivity contribution < 1.29 is 31.5 Å². The molecule has 1 aliphatic rings. The largest absolute Gasteiger partial charge is 0.416 e. The fourth-order valence-corrected chi connectivity index (χ4v) is 4.55.